The summed E-state index contributed by atoms with van der Waals surface area (Å²) < 4.78 is 0. The SMILES string of the molecule is CC1CN(CCC2(N)CCC2)CC(C)N1C. The molecule has 1 saturated carbocycles. The standard InChI is InChI=1S/C13H27N3/c1-11-9-16(10-12(2)15(11)3)8-7-13(14)5-4-6-13/h11-12H,4-10,14H2,1-3H3. The lowest BCUT2D eigenvalue weighted by Gasteiger charge is -2.45. The van der Waals surface area contributed by atoms with E-state index in [-0.39, 0.29) is 5.54 Å². The molecular weight excluding hydrogens is 198 g/mol. The number of nitrogens with two attached hydrogens (primary N) is 1. The summed E-state index contributed by atoms with van der Waals surface area (Å²) >= 11 is 0. The average Bonchev–Trinajstić information content (AvgIpc) is 2.20. The summed E-state index contributed by atoms with van der Waals surface area (Å²) in [5.74, 6) is 0. The molecule has 2 aliphatic rings. The van der Waals surface area contributed by atoms with E-state index in [1.54, 1.807) is 0 Å². The minimum Gasteiger partial charge on any atom is -0.325 e. The molecule has 2 fully saturated rings. The molecule has 3 heteroatoms. The van der Waals surface area contributed by atoms with Crippen LogP contribution in [-0.4, -0.2) is 54.1 Å². The monoisotopic (exact) mass is 225 g/mol. The highest BCUT2D eigenvalue weighted by molar-refractivity contribution is 4.94. The van der Waals surface area contributed by atoms with Crippen LogP contribution in [0.4, 0.5) is 0 Å². The van der Waals surface area contributed by atoms with Gasteiger partial charge in [-0.3, -0.25) is 4.90 Å². The van der Waals surface area contributed by atoms with E-state index in [0.717, 1.165) is 0 Å². The van der Waals surface area contributed by atoms with Crippen molar-refractivity contribution in [3.63, 3.8) is 0 Å². The highest BCUT2D eigenvalue weighted by Gasteiger charge is 2.33. The first-order valence-electron chi connectivity index (χ1n) is 6.73. The summed E-state index contributed by atoms with van der Waals surface area (Å²) in [6.07, 6.45) is 5.01. The minimum absolute atomic E-state index is 0.190. The lowest BCUT2D eigenvalue weighted by atomic mass is 9.75. The topological polar surface area (TPSA) is 32.5 Å². The van der Waals surface area contributed by atoms with E-state index in [9.17, 15) is 0 Å². The summed E-state index contributed by atoms with van der Waals surface area (Å²) in [4.78, 5) is 5.08. The average molecular weight is 225 g/mol. The Morgan fingerprint density at radius 3 is 2.19 bits per heavy atom. The van der Waals surface area contributed by atoms with E-state index in [2.05, 4.69) is 30.7 Å². The van der Waals surface area contributed by atoms with E-state index < -0.39 is 0 Å². The van der Waals surface area contributed by atoms with Crippen molar-refractivity contribution in [2.24, 2.45) is 5.73 Å². The predicted octanol–water partition coefficient (Wildman–Crippen LogP) is 1.28. The largest absolute Gasteiger partial charge is 0.325 e. The Balaban J connectivity index is 1.77. The van der Waals surface area contributed by atoms with Crippen molar-refractivity contribution in [3.05, 3.63) is 0 Å². The third-order valence-electron chi connectivity index (χ3n) is 4.71. The zero-order valence-corrected chi connectivity index (χ0v) is 11.1. The molecule has 16 heavy (non-hydrogen) atoms. The quantitative estimate of drug-likeness (QED) is 0.785. The summed E-state index contributed by atoms with van der Waals surface area (Å²) in [7, 11) is 2.24. The number of rotatable bonds is 3. The highest BCUT2D eigenvalue weighted by atomic mass is 15.3. The van der Waals surface area contributed by atoms with Gasteiger partial charge < -0.3 is 10.6 Å². The molecule has 1 heterocycles. The van der Waals surface area contributed by atoms with Crippen LogP contribution in [0.5, 0.6) is 0 Å². The molecule has 3 nitrogen and oxygen atoms in total. The van der Waals surface area contributed by atoms with Crippen LogP contribution in [0.25, 0.3) is 0 Å². The molecule has 2 atom stereocenters. The molecule has 1 aliphatic carbocycles. The molecule has 0 radical (unpaired) electrons. The maximum Gasteiger partial charge on any atom is 0.0195 e. The fourth-order valence-electron chi connectivity index (χ4n) is 2.96. The molecular formula is C13H27N3. The first-order valence-corrected chi connectivity index (χ1v) is 6.73. The Labute approximate surface area is 100.0 Å². The second-order valence-corrected chi connectivity index (χ2v) is 6.09. The second kappa shape index (κ2) is 4.63. The van der Waals surface area contributed by atoms with E-state index >= 15 is 0 Å². The molecule has 1 saturated heterocycles. The maximum absolute atomic E-state index is 6.28. The first kappa shape index (κ1) is 12.3. The molecule has 0 aromatic carbocycles. The van der Waals surface area contributed by atoms with Gasteiger partial charge >= 0.3 is 0 Å². The lowest BCUT2D eigenvalue weighted by Crippen LogP contribution is -2.56. The summed E-state index contributed by atoms with van der Waals surface area (Å²) in [5.41, 5.74) is 6.47. The smallest absolute Gasteiger partial charge is 0.0195 e. The number of piperazine rings is 1. The van der Waals surface area contributed by atoms with Crippen LogP contribution in [0, 0.1) is 0 Å². The van der Waals surface area contributed by atoms with Crippen LogP contribution in [0.1, 0.15) is 39.5 Å². The van der Waals surface area contributed by atoms with Gasteiger partial charge in [-0.1, -0.05) is 0 Å². The number of hydrogen-bond acceptors (Lipinski definition) is 3. The van der Waals surface area contributed by atoms with E-state index in [1.165, 1.54) is 45.3 Å². The van der Waals surface area contributed by atoms with Crippen LogP contribution in [0.15, 0.2) is 0 Å². The Morgan fingerprint density at radius 2 is 1.75 bits per heavy atom. The molecule has 94 valence electrons. The van der Waals surface area contributed by atoms with Gasteiger partial charge in [-0.15, -0.1) is 0 Å². The predicted molar refractivity (Wildman–Crippen MR) is 68.5 cm³/mol. The molecule has 2 rings (SSSR count). The van der Waals surface area contributed by atoms with Crippen LogP contribution >= 0.6 is 0 Å². The van der Waals surface area contributed by atoms with Gasteiger partial charge in [-0.2, -0.15) is 0 Å². The molecule has 2 unspecified atom stereocenters. The van der Waals surface area contributed by atoms with E-state index in [1.807, 2.05) is 0 Å². The van der Waals surface area contributed by atoms with E-state index in [0.29, 0.717) is 12.1 Å². The Hall–Kier alpha value is -0.120. The third-order valence-corrected chi connectivity index (χ3v) is 4.71. The van der Waals surface area contributed by atoms with Crippen molar-refractivity contribution >= 4 is 0 Å². The maximum atomic E-state index is 6.28. The van der Waals surface area contributed by atoms with Crippen LogP contribution in [-0.2, 0) is 0 Å². The Morgan fingerprint density at radius 1 is 1.19 bits per heavy atom. The molecule has 2 N–H and O–H groups in total. The number of likely N-dealkylation sites (N-methyl/N-ethyl adjacent to an activating group) is 1. The fraction of sp³-hybridized carbons (Fsp3) is 1.00. The highest BCUT2D eigenvalue weighted by Crippen LogP contribution is 2.32. The minimum atomic E-state index is 0.190. The van der Waals surface area contributed by atoms with E-state index in [4.69, 9.17) is 5.73 Å². The third kappa shape index (κ3) is 2.58. The van der Waals surface area contributed by atoms with Gasteiger partial charge in [0.05, 0.1) is 0 Å². The molecule has 0 aromatic heterocycles. The van der Waals surface area contributed by atoms with Crippen molar-refractivity contribution in [3.8, 4) is 0 Å². The van der Waals surface area contributed by atoms with Crippen molar-refractivity contribution in [1.29, 1.82) is 0 Å². The molecule has 1 aliphatic heterocycles. The number of nitrogens with zero attached hydrogens (tertiary/aromatic N) is 2. The lowest BCUT2D eigenvalue weighted by molar-refractivity contribution is 0.0512. The first-order chi connectivity index (χ1) is 7.50. The normalized spacial score (nSPS) is 36.0. The Bertz CT molecular complexity index is 225. The van der Waals surface area contributed by atoms with Gasteiger partial charge in [0.2, 0.25) is 0 Å². The van der Waals surface area contributed by atoms with Gasteiger partial charge in [0.1, 0.15) is 0 Å². The molecule has 0 spiro atoms. The van der Waals surface area contributed by atoms with Gasteiger partial charge in [0, 0.05) is 37.3 Å². The van der Waals surface area contributed by atoms with Crippen LogP contribution in [0.2, 0.25) is 0 Å². The zero-order chi connectivity index (χ0) is 11.8. The van der Waals surface area contributed by atoms with Gasteiger partial charge in [-0.05, 0) is 46.6 Å². The summed E-state index contributed by atoms with van der Waals surface area (Å²) in [5, 5.41) is 0. The van der Waals surface area contributed by atoms with Crippen LogP contribution in [0.3, 0.4) is 0 Å². The zero-order valence-electron chi connectivity index (χ0n) is 11.1. The van der Waals surface area contributed by atoms with Crippen molar-refractivity contribution in [2.75, 3.05) is 26.7 Å². The van der Waals surface area contributed by atoms with Crippen molar-refractivity contribution in [2.45, 2.75) is 57.2 Å². The Kier molecular flexibility index (Phi) is 3.57. The summed E-state index contributed by atoms with van der Waals surface area (Å²) in [6, 6.07) is 1.36. The van der Waals surface area contributed by atoms with Gasteiger partial charge in [-0.25, -0.2) is 0 Å². The van der Waals surface area contributed by atoms with Crippen molar-refractivity contribution < 1.29 is 0 Å². The van der Waals surface area contributed by atoms with Crippen molar-refractivity contribution in [1.82, 2.24) is 9.80 Å². The molecule has 0 aromatic rings. The van der Waals surface area contributed by atoms with Crippen LogP contribution < -0.4 is 5.73 Å². The molecule has 0 amide bonds. The summed E-state index contributed by atoms with van der Waals surface area (Å²) in [6.45, 7) is 8.25. The number of hydrogen-bond donors (Lipinski definition) is 1. The second-order valence-electron chi connectivity index (χ2n) is 6.09. The molecule has 0 bridgehead atoms. The van der Waals surface area contributed by atoms with Gasteiger partial charge in [0.25, 0.3) is 0 Å². The van der Waals surface area contributed by atoms with Gasteiger partial charge in [0.15, 0.2) is 0 Å². The fourth-order valence-corrected chi connectivity index (χ4v) is 2.96.